The Morgan fingerprint density at radius 2 is 2.26 bits per heavy atom. The van der Waals surface area contributed by atoms with Crippen molar-refractivity contribution < 1.29 is 14.3 Å². The number of carbonyl (C=O) groups is 2. The van der Waals surface area contributed by atoms with Gasteiger partial charge in [-0.2, -0.15) is 11.3 Å². The summed E-state index contributed by atoms with van der Waals surface area (Å²) in [5.41, 5.74) is 4.99. The molecule has 4 rings (SSSR count). The smallest absolute Gasteiger partial charge is 0.224 e. The lowest BCUT2D eigenvalue weighted by molar-refractivity contribution is -0.120. The Kier molecular flexibility index (Phi) is 5.45. The number of rotatable bonds is 6. The zero-order chi connectivity index (χ0) is 18.8. The molecule has 1 unspecified atom stereocenters. The summed E-state index contributed by atoms with van der Waals surface area (Å²) in [5.74, 6) is 0.158. The van der Waals surface area contributed by atoms with Crippen LogP contribution in [0.5, 0.6) is 0 Å². The fourth-order valence-electron chi connectivity index (χ4n) is 4.26. The number of nitrogens with one attached hydrogen (secondary N) is 1. The first-order valence-corrected chi connectivity index (χ1v) is 10.7. The zero-order valence-corrected chi connectivity index (χ0v) is 16.6. The van der Waals surface area contributed by atoms with Gasteiger partial charge in [-0.1, -0.05) is 0 Å². The average molecular weight is 387 g/mol. The molecular weight excluding hydrogens is 360 g/mol. The van der Waals surface area contributed by atoms with Crippen molar-refractivity contribution >= 4 is 23.0 Å². The van der Waals surface area contributed by atoms with Crippen LogP contribution in [-0.4, -0.2) is 29.0 Å². The van der Waals surface area contributed by atoms with E-state index in [4.69, 9.17) is 4.74 Å². The summed E-state index contributed by atoms with van der Waals surface area (Å²) in [6.07, 6.45) is 5.04. The molecule has 2 aromatic rings. The van der Waals surface area contributed by atoms with Gasteiger partial charge < -0.3 is 14.6 Å². The molecule has 5 nitrogen and oxygen atoms in total. The van der Waals surface area contributed by atoms with E-state index in [1.807, 2.05) is 23.8 Å². The van der Waals surface area contributed by atoms with E-state index in [-0.39, 0.29) is 24.2 Å². The lowest BCUT2D eigenvalue weighted by Gasteiger charge is -2.18. The highest BCUT2D eigenvalue weighted by atomic mass is 32.1. The van der Waals surface area contributed by atoms with Crippen molar-refractivity contribution in [1.29, 1.82) is 0 Å². The largest absolute Gasteiger partial charge is 0.376 e. The van der Waals surface area contributed by atoms with E-state index >= 15 is 0 Å². The first-order valence-electron chi connectivity index (χ1n) is 9.77. The summed E-state index contributed by atoms with van der Waals surface area (Å²) in [5, 5.41) is 7.03. The maximum absolute atomic E-state index is 12.7. The molecule has 0 aromatic carbocycles. The number of hydrogen-bond donors (Lipinski definition) is 1. The number of aromatic nitrogens is 1. The van der Waals surface area contributed by atoms with E-state index in [1.165, 1.54) is 0 Å². The topological polar surface area (TPSA) is 60.3 Å². The van der Waals surface area contributed by atoms with Gasteiger partial charge in [0.15, 0.2) is 5.78 Å². The van der Waals surface area contributed by atoms with Crippen LogP contribution in [-0.2, 0) is 35.5 Å². The minimum absolute atomic E-state index is 0.0280. The molecule has 1 fully saturated rings. The fraction of sp³-hybridized carbons (Fsp3) is 0.524. The lowest BCUT2D eigenvalue weighted by Crippen LogP contribution is -2.25. The van der Waals surface area contributed by atoms with Crippen LogP contribution >= 0.6 is 11.3 Å². The molecule has 1 amide bonds. The highest BCUT2D eigenvalue weighted by Crippen LogP contribution is 2.31. The Hall–Kier alpha value is -1.92. The van der Waals surface area contributed by atoms with Gasteiger partial charge in [0.05, 0.1) is 12.5 Å². The van der Waals surface area contributed by atoms with Gasteiger partial charge in [-0.15, -0.1) is 0 Å². The van der Waals surface area contributed by atoms with Crippen LogP contribution < -0.4 is 5.32 Å². The second kappa shape index (κ2) is 7.98. The third-order valence-electron chi connectivity index (χ3n) is 5.67. The van der Waals surface area contributed by atoms with Crippen molar-refractivity contribution in [3.05, 3.63) is 44.9 Å². The van der Waals surface area contributed by atoms with Crippen LogP contribution in [0, 0.1) is 6.92 Å². The molecule has 1 atom stereocenters. The monoisotopic (exact) mass is 386 g/mol. The van der Waals surface area contributed by atoms with Crippen LogP contribution in [0.1, 0.15) is 58.6 Å². The maximum Gasteiger partial charge on any atom is 0.224 e. The van der Waals surface area contributed by atoms with Crippen molar-refractivity contribution in [2.45, 2.75) is 64.6 Å². The Balaban J connectivity index is 1.56. The first-order chi connectivity index (χ1) is 13.1. The van der Waals surface area contributed by atoms with Crippen LogP contribution in [0.4, 0.5) is 0 Å². The Morgan fingerprint density at radius 3 is 3.00 bits per heavy atom. The molecule has 0 saturated carbocycles. The predicted molar refractivity (Wildman–Crippen MR) is 105 cm³/mol. The first kappa shape index (κ1) is 18.4. The van der Waals surface area contributed by atoms with E-state index in [0.717, 1.165) is 66.9 Å². The molecule has 1 N–H and O–H groups in total. The number of ketones is 1. The quantitative estimate of drug-likeness (QED) is 0.828. The maximum atomic E-state index is 12.7. The summed E-state index contributed by atoms with van der Waals surface area (Å²) < 4.78 is 8.07. The number of hydrogen-bond acceptors (Lipinski definition) is 4. The van der Waals surface area contributed by atoms with E-state index in [1.54, 1.807) is 11.3 Å². The van der Waals surface area contributed by atoms with Crippen molar-refractivity contribution in [3.8, 4) is 0 Å². The number of ether oxygens (including phenoxy) is 1. The SMILES string of the molecule is Cc1c(CC(=O)NCc2ccsc2)c2c(n1CC1CCCO1)CCCC2=O. The Labute approximate surface area is 163 Å². The average Bonchev–Trinajstić information content (AvgIpc) is 3.39. The molecule has 2 aliphatic rings. The highest BCUT2D eigenvalue weighted by Gasteiger charge is 2.30. The van der Waals surface area contributed by atoms with Crippen molar-refractivity contribution in [2.75, 3.05) is 6.61 Å². The molecular formula is C21H26N2O3S. The second-order valence-corrected chi connectivity index (χ2v) is 8.27. The molecule has 1 saturated heterocycles. The van der Waals surface area contributed by atoms with Gasteiger partial charge in [0.2, 0.25) is 5.91 Å². The van der Waals surface area contributed by atoms with Gasteiger partial charge in [0.1, 0.15) is 0 Å². The summed E-state index contributed by atoms with van der Waals surface area (Å²) >= 11 is 1.62. The molecule has 0 radical (unpaired) electrons. The number of thiophene rings is 1. The molecule has 1 aliphatic heterocycles. The Morgan fingerprint density at radius 1 is 1.37 bits per heavy atom. The minimum atomic E-state index is -0.0280. The van der Waals surface area contributed by atoms with Crippen LogP contribution in [0.25, 0.3) is 0 Å². The summed E-state index contributed by atoms with van der Waals surface area (Å²) in [6, 6.07) is 2.01. The lowest BCUT2D eigenvalue weighted by atomic mass is 9.92. The summed E-state index contributed by atoms with van der Waals surface area (Å²) in [7, 11) is 0. The summed E-state index contributed by atoms with van der Waals surface area (Å²) in [4.78, 5) is 25.2. The van der Waals surface area contributed by atoms with E-state index < -0.39 is 0 Å². The number of carbonyl (C=O) groups excluding carboxylic acids is 2. The molecule has 1 aliphatic carbocycles. The number of Topliss-reactive ketones (excluding diaryl/α,β-unsaturated/α-hetero) is 1. The van der Waals surface area contributed by atoms with Gasteiger partial charge in [0.25, 0.3) is 0 Å². The third kappa shape index (κ3) is 3.87. The van der Waals surface area contributed by atoms with Gasteiger partial charge in [-0.25, -0.2) is 0 Å². The zero-order valence-electron chi connectivity index (χ0n) is 15.8. The number of amides is 1. The van der Waals surface area contributed by atoms with E-state index in [9.17, 15) is 9.59 Å². The summed E-state index contributed by atoms with van der Waals surface area (Å²) in [6.45, 7) is 4.19. The van der Waals surface area contributed by atoms with E-state index in [0.29, 0.717) is 13.0 Å². The standard InChI is InChI=1S/C21H26N2O3S/c1-14-17(10-20(25)22-11-15-7-9-27-13-15)21-18(5-2-6-19(21)24)23(14)12-16-4-3-8-26-16/h7,9,13,16H,2-6,8,10-12H2,1H3,(H,22,25). The molecule has 3 heterocycles. The van der Waals surface area contributed by atoms with Crippen molar-refractivity contribution in [3.63, 3.8) is 0 Å². The number of nitrogens with zero attached hydrogens (tertiary/aromatic N) is 1. The van der Waals surface area contributed by atoms with Crippen LogP contribution in [0.15, 0.2) is 16.8 Å². The third-order valence-corrected chi connectivity index (χ3v) is 6.40. The normalized spacial score (nSPS) is 19.3. The van der Waals surface area contributed by atoms with Crippen molar-refractivity contribution in [1.82, 2.24) is 9.88 Å². The van der Waals surface area contributed by atoms with Gasteiger partial charge >= 0.3 is 0 Å². The molecule has 2 aromatic heterocycles. The molecule has 6 heteroatoms. The van der Waals surface area contributed by atoms with Crippen molar-refractivity contribution in [2.24, 2.45) is 0 Å². The second-order valence-electron chi connectivity index (χ2n) is 7.49. The van der Waals surface area contributed by atoms with Crippen LogP contribution in [0.3, 0.4) is 0 Å². The van der Waals surface area contributed by atoms with Crippen LogP contribution in [0.2, 0.25) is 0 Å². The minimum Gasteiger partial charge on any atom is -0.376 e. The predicted octanol–water partition coefficient (Wildman–Crippen LogP) is 3.41. The molecule has 27 heavy (non-hydrogen) atoms. The Bertz CT molecular complexity index is 832. The highest BCUT2D eigenvalue weighted by molar-refractivity contribution is 7.07. The molecule has 144 valence electrons. The van der Waals surface area contributed by atoms with Gasteiger partial charge in [-0.05, 0) is 60.6 Å². The van der Waals surface area contributed by atoms with E-state index in [2.05, 4.69) is 9.88 Å². The fourth-order valence-corrected chi connectivity index (χ4v) is 4.93. The number of fused-ring (bicyclic) bond motifs is 1. The van der Waals surface area contributed by atoms with Gasteiger partial charge in [-0.3, -0.25) is 9.59 Å². The van der Waals surface area contributed by atoms with Gasteiger partial charge in [0, 0.05) is 43.1 Å². The molecule has 0 bridgehead atoms. The molecule has 0 spiro atoms.